The van der Waals surface area contributed by atoms with Crippen molar-refractivity contribution < 1.29 is 9.53 Å². The van der Waals surface area contributed by atoms with Crippen molar-refractivity contribution in [1.29, 1.82) is 0 Å². The average Bonchev–Trinajstić information content (AvgIpc) is 3.16. The van der Waals surface area contributed by atoms with Crippen LogP contribution in [-0.4, -0.2) is 68.3 Å². The Balaban J connectivity index is 1.70. The first-order valence-electron chi connectivity index (χ1n) is 13.2. The van der Waals surface area contributed by atoms with Crippen molar-refractivity contribution in [1.82, 2.24) is 29.3 Å². The molecule has 196 valence electrons. The Bertz CT molecular complexity index is 1080. The molecule has 0 aromatic carbocycles. The normalized spacial score (nSPS) is 18.9. The lowest BCUT2D eigenvalue weighted by atomic mass is 10.2. The van der Waals surface area contributed by atoms with E-state index in [0.29, 0.717) is 43.0 Å². The number of aromatic amines is 1. The molecule has 10 nitrogen and oxygen atoms in total. The van der Waals surface area contributed by atoms with Crippen LogP contribution in [0.2, 0.25) is 0 Å². The third-order valence-corrected chi connectivity index (χ3v) is 6.51. The second-order valence-electron chi connectivity index (χ2n) is 9.69. The highest BCUT2D eigenvalue weighted by atomic mass is 16.5. The standard InChI is InChI=1S/C25H42N6O4/c1-5-7-9-14-30-20(27-23-22(30)24(33)28-25(34)31(23)13-8-6-2)10-11-21(32)26-12-15-29-16-18(3)35-19(4)17-29/h18-19H,5-17H2,1-4H3,(H,26,32)(H,28,33,34). The largest absolute Gasteiger partial charge is 0.373 e. The van der Waals surface area contributed by atoms with Crippen LogP contribution in [0.25, 0.3) is 11.2 Å². The molecule has 0 radical (unpaired) electrons. The number of morpholine rings is 1. The molecular weight excluding hydrogens is 448 g/mol. The van der Waals surface area contributed by atoms with E-state index in [4.69, 9.17) is 9.72 Å². The summed E-state index contributed by atoms with van der Waals surface area (Å²) < 4.78 is 9.24. The number of hydrogen-bond donors (Lipinski definition) is 2. The van der Waals surface area contributed by atoms with E-state index < -0.39 is 11.2 Å². The van der Waals surface area contributed by atoms with E-state index >= 15 is 0 Å². The average molecular weight is 491 g/mol. The minimum Gasteiger partial charge on any atom is -0.373 e. The van der Waals surface area contributed by atoms with Gasteiger partial charge in [-0.25, -0.2) is 9.78 Å². The first kappa shape index (κ1) is 27.1. The topological polar surface area (TPSA) is 114 Å². The van der Waals surface area contributed by atoms with Gasteiger partial charge in [0.1, 0.15) is 5.82 Å². The van der Waals surface area contributed by atoms with Gasteiger partial charge in [-0.15, -0.1) is 0 Å². The lowest BCUT2D eigenvalue weighted by Crippen LogP contribution is -2.47. The van der Waals surface area contributed by atoms with E-state index in [0.717, 1.165) is 51.7 Å². The number of H-pyrrole nitrogens is 1. The number of carbonyl (C=O) groups is 1. The number of imidazole rings is 1. The number of rotatable bonds is 13. The van der Waals surface area contributed by atoms with Crippen LogP contribution in [0.15, 0.2) is 9.59 Å². The zero-order valence-electron chi connectivity index (χ0n) is 21.8. The van der Waals surface area contributed by atoms with Crippen LogP contribution >= 0.6 is 0 Å². The van der Waals surface area contributed by atoms with Gasteiger partial charge in [-0.05, 0) is 26.7 Å². The highest BCUT2D eigenvalue weighted by Crippen LogP contribution is 2.16. The molecule has 1 saturated heterocycles. The fourth-order valence-corrected chi connectivity index (χ4v) is 4.83. The zero-order chi connectivity index (χ0) is 25.4. The predicted octanol–water partition coefficient (Wildman–Crippen LogP) is 2.03. The summed E-state index contributed by atoms with van der Waals surface area (Å²) in [6.45, 7) is 12.6. The minimum atomic E-state index is -0.426. The smallest absolute Gasteiger partial charge is 0.330 e. The molecule has 1 aliphatic heterocycles. The van der Waals surface area contributed by atoms with Crippen LogP contribution in [-0.2, 0) is 29.0 Å². The number of amides is 1. The number of ether oxygens (including phenoxy) is 1. The summed E-state index contributed by atoms with van der Waals surface area (Å²) in [5, 5.41) is 3.01. The fourth-order valence-electron chi connectivity index (χ4n) is 4.83. The summed E-state index contributed by atoms with van der Waals surface area (Å²) >= 11 is 0. The molecule has 0 aliphatic carbocycles. The predicted molar refractivity (Wildman–Crippen MR) is 137 cm³/mol. The van der Waals surface area contributed by atoms with Gasteiger partial charge in [0.05, 0.1) is 12.2 Å². The molecule has 2 aromatic heterocycles. The quantitative estimate of drug-likeness (QED) is 0.415. The number of aromatic nitrogens is 4. The first-order chi connectivity index (χ1) is 16.8. The molecule has 2 unspecified atom stereocenters. The van der Waals surface area contributed by atoms with Gasteiger partial charge in [0, 0.05) is 52.1 Å². The van der Waals surface area contributed by atoms with Crippen LogP contribution in [0.5, 0.6) is 0 Å². The van der Waals surface area contributed by atoms with Crippen molar-refractivity contribution in [3.8, 4) is 0 Å². The van der Waals surface area contributed by atoms with E-state index in [1.807, 2.05) is 4.57 Å². The van der Waals surface area contributed by atoms with E-state index in [9.17, 15) is 14.4 Å². The van der Waals surface area contributed by atoms with Crippen LogP contribution in [0.4, 0.5) is 0 Å². The third-order valence-electron chi connectivity index (χ3n) is 6.51. The number of nitrogens with one attached hydrogen (secondary N) is 2. The molecule has 2 N–H and O–H groups in total. The fraction of sp³-hybridized carbons (Fsp3) is 0.760. The van der Waals surface area contributed by atoms with E-state index in [1.54, 1.807) is 4.57 Å². The number of aryl methyl sites for hydroxylation is 3. The number of carbonyl (C=O) groups excluding carboxylic acids is 1. The summed E-state index contributed by atoms with van der Waals surface area (Å²) in [6.07, 6.45) is 5.85. The minimum absolute atomic E-state index is 0.0381. The van der Waals surface area contributed by atoms with Gasteiger partial charge in [0.25, 0.3) is 5.56 Å². The Labute approximate surface area is 207 Å². The van der Waals surface area contributed by atoms with Crippen LogP contribution in [0.1, 0.15) is 72.0 Å². The summed E-state index contributed by atoms with van der Waals surface area (Å²) in [4.78, 5) is 47.3. The summed E-state index contributed by atoms with van der Waals surface area (Å²) in [7, 11) is 0. The van der Waals surface area contributed by atoms with Crippen molar-refractivity contribution in [2.45, 2.75) is 97.9 Å². The maximum absolute atomic E-state index is 12.7. The van der Waals surface area contributed by atoms with Crippen LogP contribution in [0.3, 0.4) is 0 Å². The van der Waals surface area contributed by atoms with E-state index in [-0.39, 0.29) is 24.5 Å². The molecule has 3 rings (SSSR count). The Hall–Kier alpha value is -2.46. The molecule has 2 atom stereocenters. The Morgan fingerprint density at radius 2 is 1.71 bits per heavy atom. The van der Waals surface area contributed by atoms with Gasteiger partial charge in [0.2, 0.25) is 5.91 Å². The van der Waals surface area contributed by atoms with Crippen molar-refractivity contribution in [3.05, 3.63) is 26.7 Å². The summed E-state index contributed by atoms with van der Waals surface area (Å²) in [6, 6.07) is 0. The van der Waals surface area contributed by atoms with Gasteiger partial charge < -0.3 is 14.6 Å². The molecule has 1 aliphatic rings. The highest BCUT2D eigenvalue weighted by molar-refractivity contribution is 5.76. The first-order valence-corrected chi connectivity index (χ1v) is 13.2. The Morgan fingerprint density at radius 1 is 1.03 bits per heavy atom. The molecule has 35 heavy (non-hydrogen) atoms. The SMILES string of the molecule is CCCCCn1c(CCC(=O)NCCN2CC(C)OC(C)C2)nc2c1c(=O)[nH]c(=O)n2CCCC. The highest BCUT2D eigenvalue weighted by Gasteiger charge is 2.22. The molecule has 0 spiro atoms. The monoisotopic (exact) mass is 490 g/mol. The molecule has 1 amide bonds. The number of nitrogens with zero attached hydrogens (tertiary/aromatic N) is 4. The molecule has 0 saturated carbocycles. The van der Waals surface area contributed by atoms with Gasteiger partial charge in [0.15, 0.2) is 11.2 Å². The lowest BCUT2D eigenvalue weighted by Gasteiger charge is -2.35. The maximum atomic E-state index is 12.7. The van der Waals surface area contributed by atoms with Gasteiger partial charge in [-0.3, -0.25) is 24.0 Å². The number of fused-ring (bicyclic) bond motifs is 1. The zero-order valence-corrected chi connectivity index (χ0v) is 21.8. The van der Waals surface area contributed by atoms with E-state index in [1.165, 1.54) is 0 Å². The molecule has 2 aromatic rings. The second-order valence-corrected chi connectivity index (χ2v) is 9.69. The van der Waals surface area contributed by atoms with Crippen LogP contribution < -0.4 is 16.6 Å². The number of hydrogen-bond acceptors (Lipinski definition) is 6. The van der Waals surface area contributed by atoms with Crippen molar-refractivity contribution in [2.75, 3.05) is 26.2 Å². The third kappa shape index (κ3) is 7.27. The molecule has 10 heteroatoms. The molecule has 0 bridgehead atoms. The molecule has 1 fully saturated rings. The van der Waals surface area contributed by atoms with Crippen molar-refractivity contribution in [2.24, 2.45) is 0 Å². The van der Waals surface area contributed by atoms with Crippen molar-refractivity contribution >= 4 is 17.1 Å². The molecular formula is C25H42N6O4. The van der Waals surface area contributed by atoms with Crippen LogP contribution in [0, 0.1) is 0 Å². The van der Waals surface area contributed by atoms with Gasteiger partial charge >= 0.3 is 5.69 Å². The Morgan fingerprint density at radius 3 is 2.40 bits per heavy atom. The lowest BCUT2D eigenvalue weighted by molar-refractivity contribution is -0.121. The van der Waals surface area contributed by atoms with Gasteiger partial charge in [-0.2, -0.15) is 0 Å². The van der Waals surface area contributed by atoms with Crippen molar-refractivity contribution in [3.63, 3.8) is 0 Å². The maximum Gasteiger partial charge on any atom is 0.330 e. The summed E-state index contributed by atoms with van der Waals surface area (Å²) in [5.41, 5.74) is 0.0223. The Kier molecular flexibility index (Phi) is 10.1. The molecule has 3 heterocycles. The van der Waals surface area contributed by atoms with E-state index in [2.05, 4.69) is 42.9 Å². The summed E-state index contributed by atoms with van der Waals surface area (Å²) in [5.74, 6) is 0.646. The van der Waals surface area contributed by atoms with Gasteiger partial charge in [-0.1, -0.05) is 33.1 Å². The number of unbranched alkanes of at least 4 members (excludes halogenated alkanes) is 3. The second kappa shape index (κ2) is 13.0.